The van der Waals surface area contributed by atoms with Gasteiger partial charge in [0.2, 0.25) is 0 Å². The third kappa shape index (κ3) is 3.28. The molecule has 0 radical (unpaired) electrons. The molecule has 1 fully saturated rings. The second kappa shape index (κ2) is 6.62. The first kappa shape index (κ1) is 14.6. The second-order valence-corrected chi connectivity index (χ2v) is 5.49. The minimum absolute atomic E-state index is 0.250. The molecule has 3 rings (SSSR count). The first-order valence-corrected chi connectivity index (χ1v) is 7.49. The fourth-order valence-corrected chi connectivity index (χ4v) is 2.70. The number of carbonyl (C=O) groups excluding carboxylic acids is 1. The molecule has 6 nitrogen and oxygen atoms in total. The molecule has 22 heavy (non-hydrogen) atoms. The number of nitrogens with zero attached hydrogens (tertiary/aromatic N) is 3. The van der Waals surface area contributed by atoms with Crippen LogP contribution in [0, 0.1) is 6.92 Å². The normalized spacial score (nSPS) is 15.5. The maximum Gasteiger partial charge on any atom is 0.277 e. The molecule has 1 aliphatic rings. The fraction of sp³-hybridized carbons (Fsp3) is 0.375. The maximum absolute atomic E-state index is 12.5. The van der Waals surface area contributed by atoms with Crippen LogP contribution in [-0.2, 0) is 0 Å². The van der Waals surface area contributed by atoms with Crippen molar-refractivity contribution >= 4 is 11.7 Å². The van der Waals surface area contributed by atoms with Crippen LogP contribution in [0.5, 0.6) is 0 Å². The van der Waals surface area contributed by atoms with Gasteiger partial charge in [-0.3, -0.25) is 9.78 Å². The summed E-state index contributed by atoms with van der Waals surface area (Å²) in [6, 6.07) is 3.72. The topological polar surface area (TPSA) is 79.8 Å². The Morgan fingerprint density at radius 3 is 2.73 bits per heavy atom. The Bertz CT molecular complexity index is 667. The van der Waals surface area contributed by atoms with E-state index in [9.17, 15) is 4.79 Å². The van der Waals surface area contributed by atoms with Crippen LogP contribution in [-0.4, -0.2) is 33.9 Å². The van der Waals surface area contributed by atoms with E-state index in [0.717, 1.165) is 37.2 Å². The summed E-state index contributed by atoms with van der Waals surface area (Å²) in [6.45, 7) is 3.85. The molecule has 0 aromatic carbocycles. The number of rotatable bonds is 3. The molecule has 2 aromatic rings. The highest BCUT2D eigenvalue weighted by molar-refractivity contribution is 6.03. The summed E-state index contributed by atoms with van der Waals surface area (Å²) >= 11 is 0. The van der Waals surface area contributed by atoms with Crippen LogP contribution in [0.15, 0.2) is 30.7 Å². The van der Waals surface area contributed by atoms with Crippen LogP contribution in [0.25, 0.3) is 0 Å². The van der Waals surface area contributed by atoms with Crippen molar-refractivity contribution in [3.63, 3.8) is 0 Å². The van der Waals surface area contributed by atoms with Crippen molar-refractivity contribution in [1.29, 1.82) is 0 Å². The molecule has 0 aliphatic carbocycles. The van der Waals surface area contributed by atoms with Crippen LogP contribution in [0.1, 0.15) is 40.5 Å². The summed E-state index contributed by atoms with van der Waals surface area (Å²) in [4.78, 5) is 25.3. The van der Waals surface area contributed by atoms with Crippen molar-refractivity contribution in [2.75, 3.05) is 18.4 Å². The number of anilines is 1. The van der Waals surface area contributed by atoms with E-state index in [0.29, 0.717) is 11.5 Å². The Labute approximate surface area is 129 Å². The van der Waals surface area contributed by atoms with Crippen LogP contribution in [0.4, 0.5) is 5.82 Å². The Hall–Kier alpha value is -2.34. The molecule has 0 bridgehead atoms. The Morgan fingerprint density at radius 1 is 1.18 bits per heavy atom. The highest BCUT2D eigenvalue weighted by atomic mass is 16.2. The van der Waals surface area contributed by atoms with Gasteiger partial charge in [0, 0.05) is 24.5 Å². The van der Waals surface area contributed by atoms with Gasteiger partial charge in [-0.2, -0.15) is 0 Å². The Morgan fingerprint density at radius 2 is 1.95 bits per heavy atom. The van der Waals surface area contributed by atoms with Gasteiger partial charge in [-0.15, -0.1) is 0 Å². The average Bonchev–Trinajstić information content (AvgIpc) is 2.56. The molecule has 6 heteroatoms. The summed E-state index contributed by atoms with van der Waals surface area (Å²) in [5.41, 5.74) is 2.23. The molecule has 3 heterocycles. The van der Waals surface area contributed by atoms with E-state index < -0.39 is 0 Å². The van der Waals surface area contributed by atoms with Crippen molar-refractivity contribution in [3.05, 3.63) is 47.7 Å². The van der Waals surface area contributed by atoms with Crippen LogP contribution < -0.4 is 10.6 Å². The van der Waals surface area contributed by atoms with Crippen LogP contribution in [0.2, 0.25) is 0 Å². The van der Waals surface area contributed by atoms with Gasteiger partial charge in [-0.05, 0) is 50.6 Å². The number of piperidine rings is 1. The highest BCUT2D eigenvalue weighted by Gasteiger charge is 2.23. The number of aromatic nitrogens is 3. The summed E-state index contributed by atoms with van der Waals surface area (Å²) in [5, 5.41) is 6.13. The number of hydrogen-bond acceptors (Lipinski definition) is 5. The number of nitrogens with one attached hydrogen (secondary N) is 2. The van der Waals surface area contributed by atoms with Gasteiger partial charge in [-0.1, -0.05) is 0 Å². The monoisotopic (exact) mass is 297 g/mol. The van der Waals surface area contributed by atoms with E-state index in [2.05, 4.69) is 25.6 Å². The summed E-state index contributed by atoms with van der Waals surface area (Å²) in [7, 11) is 0. The van der Waals surface area contributed by atoms with Gasteiger partial charge in [0.1, 0.15) is 11.5 Å². The van der Waals surface area contributed by atoms with E-state index >= 15 is 0 Å². The van der Waals surface area contributed by atoms with E-state index in [1.54, 1.807) is 18.6 Å². The maximum atomic E-state index is 12.5. The van der Waals surface area contributed by atoms with E-state index in [-0.39, 0.29) is 11.8 Å². The van der Waals surface area contributed by atoms with Crippen molar-refractivity contribution < 1.29 is 4.79 Å². The average molecular weight is 297 g/mol. The standard InChI is InChI=1S/C16H19N5O/c1-11-2-7-18-13(10-11)21-16(22)15-14(19-8-9-20-15)12-3-5-17-6-4-12/h2,7-10,12,17H,3-6H2,1H3,(H,18,21,22). The number of pyridine rings is 1. The molecular formula is C16H19N5O. The van der Waals surface area contributed by atoms with Gasteiger partial charge >= 0.3 is 0 Å². The minimum Gasteiger partial charge on any atom is -0.317 e. The first-order valence-electron chi connectivity index (χ1n) is 7.49. The van der Waals surface area contributed by atoms with Gasteiger partial charge in [0.05, 0.1) is 5.69 Å². The van der Waals surface area contributed by atoms with Crippen LogP contribution >= 0.6 is 0 Å². The highest BCUT2D eigenvalue weighted by Crippen LogP contribution is 2.25. The lowest BCUT2D eigenvalue weighted by molar-refractivity contribution is 0.101. The number of aryl methyl sites for hydroxylation is 1. The minimum atomic E-state index is -0.250. The molecule has 0 saturated carbocycles. The molecule has 114 valence electrons. The molecule has 0 atom stereocenters. The summed E-state index contributed by atoms with van der Waals surface area (Å²) in [5.74, 6) is 0.563. The van der Waals surface area contributed by atoms with Gasteiger partial charge in [0.25, 0.3) is 5.91 Å². The van der Waals surface area contributed by atoms with Gasteiger partial charge in [-0.25, -0.2) is 9.97 Å². The lowest BCUT2D eigenvalue weighted by atomic mass is 9.93. The number of hydrogen-bond donors (Lipinski definition) is 2. The van der Waals surface area contributed by atoms with Crippen LogP contribution in [0.3, 0.4) is 0 Å². The molecule has 2 aromatic heterocycles. The number of carbonyl (C=O) groups is 1. The van der Waals surface area contributed by atoms with Gasteiger partial charge < -0.3 is 10.6 Å². The molecular weight excluding hydrogens is 278 g/mol. The van der Waals surface area contributed by atoms with Gasteiger partial charge in [0.15, 0.2) is 0 Å². The Kier molecular flexibility index (Phi) is 4.39. The molecule has 1 aliphatic heterocycles. The van der Waals surface area contributed by atoms with Crippen molar-refractivity contribution in [2.45, 2.75) is 25.7 Å². The Balaban J connectivity index is 1.83. The zero-order valence-electron chi connectivity index (χ0n) is 12.5. The van der Waals surface area contributed by atoms with E-state index in [1.807, 2.05) is 19.1 Å². The third-order valence-corrected chi connectivity index (χ3v) is 3.82. The zero-order chi connectivity index (χ0) is 15.4. The quantitative estimate of drug-likeness (QED) is 0.904. The lowest BCUT2D eigenvalue weighted by Gasteiger charge is -2.23. The predicted octanol–water partition coefficient (Wildman–Crippen LogP) is 1.90. The summed E-state index contributed by atoms with van der Waals surface area (Å²) in [6.07, 6.45) is 6.83. The summed E-state index contributed by atoms with van der Waals surface area (Å²) < 4.78 is 0. The third-order valence-electron chi connectivity index (χ3n) is 3.82. The lowest BCUT2D eigenvalue weighted by Crippen LogP contribution is -2.29. The SMILES string of the molecule is Cc1ccnc(NC(=O)c2nccnc2C2CCNCC2)c1. The smallest absolute Gasteiger partial charge is 0.277 e. The predicted molar refractivity (Wildman–Crippen MR) is 83.8 cm³/mol. The zero-order valence-corrected chi connectivity index (χ0v) is 12.5. The van der Waals surface area contributed by atoms with Crippen molar-refractivity contribution in [2.24, 2.45) is 0 Å². The molecule has 1 amide bonds. The van der Waals surface area contributed by atoms with Crippen molar-refractivity contribution in [1.82, 2.24) is 20.3 Å². The van der Waals surface area contributed by atoms with E-state index in [1.165, 1.54) is 0 Å². The second-order valence-electron chi connectivity index (χ2n) is 5.49. The molecule has 2 N–H and O–H groups in total. The van der Waals surface area contributed by atoms with E-state index in [4.69, 9.17) is 0 Å². The largest absolute Gasteiger partial charge is 0.317 e. The first-order chi connectivity index (χ1) is 10.7. The number of amides is 1. The fourth-order valence-electron chi connectivity index (χ4n) is 2.70. The molecule has 0 unspecified atom stereocenters. The van der Waals surface area contributed by atoms with Crippen molar-refractivity contribution in [3.8, 4) is 0 Å². The molecule has 1 saturated heterocycles. The molecule has 0 spiro atoms.